The molecular weight excluding hydrogens is 420 g/mol. The van der Waals surface area contributed by atoms with Gasteiger partial charge in [-0.15, -0.1) is 11.3 Å². The van der Waals surface area contributed by atoms with Gasteiger partial charge < -0.3 is 14.8 Å². The number of thiophene rings is 1. The molecule has 32 heavy (non-hydrogen) atoms. The van der Waals surface area contributed by atoms with Crippen LogP contribution in [0.1, 0.15) is 37.0 Å². The number of carbonyl (C=O) groups excluding carboxylic acids is 1. The molecule has 3 rings (SSSR count). The smallest absolute Gasteiger partial charge is 0.255 e. The van der Waals surface area contributed by atoms with Crippen LogP contribution in [0.3, 0.4) is 0 Å². The van der Waals surface area contributed by atoms with Gasteiger partial charge in [0.15, 0.2) is 11.5 Å². The Hall–Kier alpha value is -2.83. The molecule has 0 spiro atoms. The summed E-state index contributed by atoms with van der Waals surface area (Å²) in [5.74, 6) is 1.13. The van der Waals surface area contributed by atoms with Gasteiger partial charge in [-0.1, -0.05) is 32.0 Å². The Morgan fingerprint density at radius 3 is 2.34 bits per heavy atom. The lowest BCUT2D eigenvalue weighted by molar-refractivity contribution is 0.102. The van der Waals surface area contributed by atoms with Crippen LogP contribution in [0.2, 0.25) is 0 Å². The SMILES string of the molecule is CCCN(CCC)CCOc1cc(NC(=O)c2ccc(-c3cccs3)cc2)ccc1OC. The molecule has 0 bridgehead atoms. The minimum absolute atomic E-state index is 0.157. The molecule has 0 saturated carbocycles. The molecule has 170 valence electrons. The van der Waals surface area contributed by atoms with Crippen molar-refractivity contribution >= 4 is 22.9 Å². The molecule has 1 N–H and O–H groups in total. The minimum Gasteiger partial charge on any atom is -0.493 e. The summed E-state index contributed by atoms with van der Waals surface area (Å²) in [6, 6.07) is 17.2. The standard InChI is InChI=1S/C26H32N2O3S/c1-4-14-28(15-5-2)16-17-31-24-19-22(12-13-23(24)30-3)27-26(29)21-10-8-20(9-11-21)25-7-6-18-32-25/h6-13,18-19H,4-5,14-17H2,1-3H3,(H,27,29). The molecule has 0 fully saturated rings. The molecule has 0 radical (unpaired) electrons. The fourth-order valence-corrected chi connectivity index (χ4v) is 4.28. The average molecular weight is 453 g/mol. The highest BCUT2D eigenvalue weighted by atomic mass is 32.1. The summed E-state index contributed by atoms with van der Waals surface area (Å²) in [5.41, 5.74) is 2.39. The first-order valence-electron chi connectivity index (χ1n) is 11.1. The van der Waals surface area contributed by atoms with E-state index < -0.39 is 0 Å². The zero-order valence-corrected chi connectivity index (χ0v) is 19.9. The highest BCUT2D eigenvalue weighted by Gasteiger charge is 2.11. The second-order valence-electron chi connectivity index (χ2n) is 7.56. The molecule has 0 aliphatic carbocycles. The summed E-state index contributed by atoms with van der Waals surface area (Å²) in [6.45, 7) is 7.93. The van der Waals surface area contributed by atoms with Crippen LogP contribution in [0, 0.1) is 0 Å². The predicted molar refractivity (Wildman–Crippen MR) is 133 cm³/mol. The van der Waals surface area contributed by atoms with Crippen LogP contribution in [-0.2, 0) is 0 Å². The minimum atomic E-state index is -0.157. The second kappa shape index (κ2) is 12.3. The van der Waals surface area contributed by atoms with Crippen molar-refractivity contribution in [2.45, 2.75) is 26.7 Å². The van der Waals surface area contributed by atoms with Crippen LogP contribution in [0.5, 0.6) is 11.5 Å². The zero-order chi connectivity index (χ0) is 22.8. The van der Waals surface area contributed by atoms with E-state index in [1.54, 1.807) is 18.4 Å². The monoisotopic (exact) mass is 452 g/mol. The summed E-state index contributed by atoms with van der Waals surface area (Å²) >= 11 is 1.68. The molecule has 1 amide bonds. The Labute approximate surface area is 195 Å². The summed E-state index contributed by atoms with van der Waals surface area (Å²) in [6.07, 6.45) is 2.25. The van der Waals surface area contributed by atoms with Gasteiger partial charge in [-0.3, -0.25) is 9.69 Å². The zero-order valence-electron chi connectivity index (χ0n) is 19.1. The number of ether oxygens (including phenoxy) is 2. The number of amides is 1. The molecule has 0 aliphatic rings. The molecule has 6 heteroatoms. The first kappa shape index (κ1) is 23.8. The maximum Gasteiger partial charge on any atom is 0.255 e. The molecule has 5 nitrogen and oxygen atoms in total. The van der Waals surface area contributed by atoms with E-state index in [1.165, 1.54) is 4.88 Å². The summed E-state index contributed by atoms with van der Waals surface area (Å²) in [5, 5.41) is 5.01. The predicted octanol–water partition coefficient (Wildman–Crippen LogP) is 6.18. The van der Waals surface area contributed by atoms with Gasteiger partial charge >= 0.3 is 0 Å². The third-order valence-corrected chi connectivity index (χ3v) is 6.04. The molecule has 0 atom stereocenters. The maximum absolute atomic E-state index is 12.7. The normalized spacial score (nSPS) is 10.9. The van der Waals surface area contributed by atoms with Crippen molar-refractivity contribution < 1.29 is 14.3 Å². The molecule has 1 aromatic heterocycles. The number of hydrogen-bond donors (Lipinski definition) is 1. The quantitative estimate of drug-likeness (QED) is 0.357. The van der Waals surface area contributed by atoms with Gasteiger partial charge in [0.25, 0.3) is 5.91 Å². The number of carbonyl (C=O) groups is 1. The number of rotatable bonds is 12. The van der Waals surface area contributed by atoms with Gasteiger partial charge in [-0.05, 0) is 67.2 Å². The van der Waals surface area contributed by atoms with Crippen LogP contribution in [0.15, 0.2) is 60.0 Å². The van der Waals surface area contributed by atoms with E-state index in [2.05, 4.69) is 30.1 Å². The van der Waals surface area contributed by atoms with E-state index in [0.717, 1.165) is 38.0 Å². The Kier molecular flexibility index (Phi) is 9.13. The topological polar surface area (TPSA) is 50.8 Å². The Balaban J connectivity index is 1.63. The van der Waals surface area contributed by atoms with E-state index in [-0.39, 0.29) is 5.91 Å². The van der Waals surface area contributed by atoms with Gasteiger partial charge in [-0.2, -0.15) is 0 Å². The van der Waals surface area contributed by atoms with Crippen molar-refractivity contribution in [1.29, 1.82) is 0 Å². The lowest BCUT2D eigenvalue weighted by atomic mass is 10.1. The number of benzene rings is 2. The van der Waals surface area contributed by atoms with Crippen LogP contribution in [0.4, 0.5) is 5.69 Å². The molecule has 1 heterocycles. The summed E-state index contributed by atoms with van der Waals surface area (Å²) in [4.78, 5) is 16.3. The van der Waals surface area contributed by atoms with Crippen molar-refractivity contribution in [3.05, 3.63) is 65.5 Å². The number of methoxy groups -OCH3 is 1. The number of nitrogens with zero attached hydrogens (tertiary/aromatic N) is 1. The van der Waals surface area contributed by atoms with E-state index >= 15 is 0 Å². The van der Waals surface area contributed by atoms with Gasteiger partial charge in [0.2, 0.25) is 0 Å². The third-order valence-electron chi connectivity index (χ3n) is 5.12. The third kappa shape index (κ3) is 6.58. The van der Waals surface area contributed by atoms with E-state index in [1.807, 2.05) is 53.9 Å². The first-order valence-corrected chi connectivity index (χ1v) is 12.0. The number of hydrogen-bond acceptors (Lipinski definition) is 5. The van der Waals surface area contributed by atoms with Gasteiger partial charge in [0.05, 0.1) is 7.11 Å². The Morgan fingerprint density at radius 1 is 0.969 bits per heavy atom. The average Bonchev–Trinajstić information content (AvgIpc) is 3.35. The van der Waals surface area contributed by atoms with Crippen LogP contribution in [0.25, 0.3) is 10.4 Å². The van der Waals surface area contributed by atoms with E-state index in [9.17, 15) is 4.79 Å². The highest BCUT2D eigenvalue weighted by Crippen LogP contribution is 2.31. The summed E-state index contributed by atoms with van der Waals surface area (Å²) < 4.78 is 11.5. The highest BCUT2D eigenvalue weighted by molar-refractivity contribution is 7.13. The lowest BCUT2D eigenvalue weighted by Crippen LogP contribution is -2.30. The molecule has 0 saturated heterocycles. The van der Waals surface area contributed by atoms with Gasteiger partial charge in [0.1, 0.15) is 6.61 Å². The van der Waals surface area contributed by atoms with Crippen LogP contribution in [-0.4, -0.2) is 44.2 Å². The van der Waals surface area contributed by atoms with Gasteiger partial charge in [-0.25, -0.2) is 0 Å². The van der Waals surface area contributed by atoms with Crippen LogP contribution >= 0.6 is 11.3 Å². The largest absolute Gasteiger partial charge is 0.493 e. The number of nitrogens with one attached hydrogen (secondary N) is 1. The second-order valence-corrected chi connectivity index (χ2v) is 8.51. The Bertz CT molecular complexity index is 965. The lowest BCUT2D eigenvalue weighted by Gasteiger charge is -2.21. The molecule has 3 aromatic rings. The van der Waals surface area contributed by atoms with Crippen molar-refractivity contribution in [3.8, 4) is 21.9 Å². The fourth-order valence-electron chi connectivity index (χ4n) is 3.55. The number of anilines is 1. The maximum atomic E-state index is 12.7. The van der Waals surface area contributed by atoms with Crippen molar-refractivity contribution in [3.63, 3.8) is 0 Å². The molecule has 2 aromatic carbocycles. The van der Waals surface area contributed by atoms with Crippen molar-refractivity contribution in [2.75, 3.05) is 38.7 Å². The van der Waals surface area contributed by atoms with E-state index in [4.69, 9.17) is 9.47 Å². The molecular formula is C26H32N2O3S. The fraction of sp³-hybridized carbons (Fsp3) is 0.346. The first-order chi connectivity index (χ1) is 15.6. The summed E-state index contributed by atoms with van der Waals surface area (Å²) in [7, 11) is 1.62. The van der Waals surface area contributed by atoms with Crippen molar-refractivity contribution in [2.24, 2.45) is 0 Å². The van der Waals surface area contributed by atoms with Gasteiger partial charge in [0, 0.05) is 28.7 Å². The molecule has 0 unspecified atom stereocenters. The van der Waals surface area contributed by atoms with E-state index in [0.29, 0.717) is 29.4 Å². The van der Waals surface area contributed by atoms with Crippen molar-refractivity contribution in [1.82, 2.24) is 4.90 Å². The van der Waals surface area contributed by atoms with Crippen LogP contribution < -0.4 is 14.8 Å². The Morgan fingerprint density at radius 2 is 1.72 bits per heavy atom. The molecule has 0 aliphatic heterocycles.